The summed E-state index contributed by atoms with van der Waals surface area (Å²) in [6.45, 7) is 1.95. The van der Waals surface area contributed by atoms with Crippen molar-refractivity contribution < 1.29 is 9.90 Å². The van der Waals surface area contributed by atoms with Gasteiger partial charge >= 0.3 is 5.97 Å². The number of hydrogen-bond acceptors (Lipinski definition) is 4. The molecule has 0 bridgehead atoms. The minimum atomic E-state index is -0.727. The van der Waals surface area contributed by atoms with Gasteiger partial charge in [0.05, 0.1) is 4.87 Å². The van der Waals surface area contributed by atoms with Crippen LogP contribution in [-0.2, 0) is 4.79 Å². The van der Waals surface area contributed by atoms with Crippen LogP contribution < -0.4 is 10.6 Å². The first-order chi connectivity index (χ1) is 6.22. The van der Waals surface area contributed by atoms with E-state index in [1.807, 2.05) is 0 Å². The molecule has 2 rings (SSSR count). The molecule has 13 heavy (non-hydrogen) atoms. The Balaban J connectivity index is 1.98. The van der Waals surface area contributed by atoms with Crippen LogP contribution >= 0.6 is 11.8 Å². The van der Waals surface area contributed by atoms with Crippen molar-refractivity contribution in [1.29, 1.82) is 0 Å². The molecule has 0 amide bonds. The number of carboxylic acid groups (broad SMARTS) is 1. The summed E-state index contributed by atoms with van der Waals surface area (Å²) in [6.07, 6.45) is 2.21. The van der Waals surface area contributed by atoms with E-state index in [0.29, 0.717) is 5.75 Å². The first-order valence-electron chi connectivity index (χ1n) is 4.57. The monoisotopic (exact) mass is 202 g/mol. The minimum absolute atomic E-state index is 0.00130. The second-order valence-corrected chi connectivity index (χ2v) is 5.02. The van der Waals surface area contributed by atoms with Crippen molar-refractivity contribution in [3.8, 4) is 0 Å². The number of hydrogen-bond donors (Lipinski definition) is 3. The van der Waals surface area contributed by atoms with Gasteiger partial charge in [-0.15, -0.1) is 11.8 Å². The van der Waals surface area contributed by atoms with Gasteiger partial charge in [-0.2, -0.15) is 0 Å². The molecule has 2 aliphatic rings. The SMILES string of the molecule is O=C(O)[C@H]1CSC2(CCCNC2)N1. The third-order valence-electron chi connectivity index (χ3n) is 2.61. The van der Waals surface area contributed by atoms with E-state index in [0.717, 1.165) is 25.9 Å². The molecule has 2 fully saturated rings. The normalized spacial score (nSPS) is 39.5. The Morgan fingerprint density at radius 1 is 1.62 bits per heavy atom. The van der Waals surface area contributed by atoms with Gasteiger partial charge in [0.15, 0.2) is 0 Å². The van der Waals surface area contributed by atoms with Gasteiger partial charge in [0.25, 0.3) is 0 Å². The number of rotatable bonds is 1. The highest BCUT2D eigenvalue weighted by Crippen LogP contribution is 2.35. The molecule has 0 radical (unpaired) electrons. The summed E-state index contributed by atoms with van der Waals surface area (Å²) in [5.74, 6) is -0.0354. The molecule has 74 valence electrons. The molecular weight excluding hydrogens is 188 g/mol. The van der Waals surface area contributed by atoms with E-state index >= 15 is 0 Å². The third kappa shape index (κ3) is 1.82. The lowest BCUT2D eigenvalue weighted by atomic mass is 10.1. The Labute approximate surface area is 81.5 Å². The largest absolute Gasteiger partial charge is 0.480 e. The van der Waals surface area contributed by atoms with Crippen LogP contribution in [0.4, 0.5) is 0 Å². The summed E-state index contributed by atoms with van der Waals surface area (Å²) < 4.78 is 0. The van der Waals surface area contributed by atoms with E-state index in [2.05, 4.69) is 10.6 Å². The molecule has 4 nitrogen and oxygen atoms in total. The molecule has 2 atom stereocenters. The van der Waals surface area contributed by atoms with Gasteiger partial charge in [0.1, 0.15) is 6.04 Å². The topological polar surface area (TPSA) is 61.4 Å². The summed E-state index contributed by atoms with van der Waals surface area (Å²) >= 11 is 1.75. The maximum atomic E-state index is 10.7. The standard InChI is InChI=1S/C8H14N2O2S/c11-7(12)6-4-13-8(10-6)2-1-3-9-5-8/h6,9-10H,1-5H2,(H,11,12)/t6-,8?/m1/s1. The van der Waals surface area contributed by atoms with Crippen molar-refractivity contribution in [2.75, 3.05) is 18.8 Å². The van der Waals surface area contributed by atoms with Crippen molar-refractivity contribution in [2.24, 2.45) is 0 Å². The molecule has 5 heteroatoms. The van der Waals surface area contributed by atoms with Gasteiger partial charge < -0.3 is 10.4 Å². The predicted octanol–water partition coefficient (Wildman–Crippen LogP) is -0.144. The van der Waals surface area contributed by atoms with Crippen LogP contribution in [0.1, 0.15) is 12.8 Å². The average molecular weight is 202 g/mol. The predicted molar refractivity (Wildman–Crippen MR) is 51.9 cm³/mol. The van der Waals surface area contributed by atoms with E-state index in [1.54, 1.807) is 11.8 Å². The highest BCUT2D eigenvalue weighted by molar-refractivity contribution is 8.01. The van der Waals surface area contributed by atoms with Crippen molar-refractivity contribution in [3.63, 3.8) is 0 Å². The number of thioether (sulfide) groups is 1. The summed E-state index contributed by atoms with van der Waals surface area (Å²) in [6, 6.07) is -0.357. The average Bonchev–Trinajstić information content (AvgIpc) is 2.51. The Hall–Kier alpha value is -0.260. The van der Waals surface area contributed by atoms with Crippen molar-refractivity contribution in [2.45, 2.75) is 23.8 Å². The second kappa shape index (κ2) is 3.48. The smallest absolute Gasteiger partial charge is 0.321 e. The zero-order valence-electron chi connectivity index (χ0n) is 7.38. The Morgan fingerprint density at radius 3 is 3.00 bits per heavy atom. The Morgan fingerprint density at radius 2 is 2.46 bits per heavy atom. The molecule has 1 spiro atoms. The molecule has 0 aliphatic carbocycles. The van der Waals surface area contributed by atoms with Gasteiger partial charge in [-0.3, -0.25) is 10.1 Å². The van der Waals surface area contributed by atoms with E-state index < -0.39 is 5.97 Å². The summed E-state index contributed by atoms with van der Waals surface area (Å²) in [7, 11) is 0. The van der Waals surface area contributed by atoms with Crippen LogP contribution in [-0.4, -0.2) is 40.8 Å². The summed E-state index contributed by atoms with van der Waals surface area (Å²) in [5.41, 5.74) is 0. The molecule has 0 aromatic rings. The van der Waals surface area contributed by atoms with Crippen LogP contribution in [0, 0.1) is 0 Å². The number of carboxylic acids is 1. The maximum Gasteiger partial charge on any atom is 0.321 e. The van der Waals surface area contributed by atoms with Crippen LogP contribution in [0.15, 0.2) is 0 Å². The van der Waals surface area contributed by atoms with Gasteiger partial charge in [-0.05, 0) is 19.4 Å². The molecule has 2 saturated heterocycles. The molecular formula is C8H14N2O2S. The molecule has 2 heterocycles. The number of aliphatic carboxylic acids is 1. The van der Waals surface area contributed by atoms with Crippen LogP contribution in [0.25, 0.3) is 0 Å². The number of piperidine rings is 1. The molecule has 3 N–H and O–H groups in total. The fourth-order valence-corrected chi connectivity index (χ4v) is 3.33. The van der Waals surface area contributed by atoms with Crippen molar-refractivity contribution in [1.82, 2.24) is 10.6 Å². The molecule has 1 unspecified atom stereocenters. The summed E-state index contributed by atoms with van der Waals surface area (Å²) in [4.78, 5) is 10.7. The minimum Gasteiger partial charge on any atom is -0.480 e. The van der Waals surface area contributed by atoms with Crippen LogP contribution in [0.3, 0.4) is 0 Å². The fraction of sp³-hybridized carbons (Fsp3) is 0.875. The van der Waals surface area contributed by atoms with Crippen LogP contribution in [0.5, 0.6) is 0 Å². The van der Waals surface area contributed by atoms with E-state index in [9.17, 15) is 4.79 Å². The van der Waals surface area contributed by atoms with Gasteiger partial charge in [-0.1, -0.05) is 0 Å². The highest BCUT2D eigenvalue weighted by atomic mass is 32.2. The first kappa shape index (κ1) is 9.30. The number of carbonyl (C=O) groups is 1. The van der Waals surface area contributed by atoms with Gasteiger partial charge in [-0.25, -0.2) is 0 Å². The van der Waals surface area contributed by atoms with Crippen molar-refractivity contribution >= 4 is 17.7 Å². The van der Waals surface area contributed by atoms with Gasteiger partial charge in [0.2, 0.25) is 0 Å². The van der Waals surface area contributed by atoms with E-state index in [1.165, 1.54) is 0 Å². The van der Waals surface area contributed by atoms with E-state index in [4.69, 9.17) is 5.11 Å². The lowest BCUT2D eigenvalue weighted by Gasteiger charge is -2.33. The lowest BCUT2D eigenvalue weighted by Crippen LogP contribution is -2.53. The van der Waals surface area contributed by atoms with E-state index in [-0.39, 0.29) is 10.9 Å². The quantitative estimate of drug-likeness (QED) is 0.552. The zero-order valence-corrected chi connectivity index (χ0v) is 8.19. The second-order valence-electron chi connectivity index (χ2n) is 3.62. The number of nitrogens with one attached hydrogen (secondary N) is 2. The Kier molecular flexibility index (Phi) is 2.49. The van der Waals surface area contributed by atoms with Crippen molar-refractivity contribution in [3.05, 3.63) is 0 Å². The molecule has 0 saturated carbocycles. The zero-order chi connectivity index (χ0) is 9.31. The van der Waals surface area contributed by atoms with Gasteiger partial charge in [0, 0.05) is 12.3 Å². The highest BCUT2D eigenvalue weighted by Gasteiger charge is 2.42. The molecule has 0 aromatic heterocycles. The molecule has 0 aromatic carbocycles. The Bertz CT molecular complexity index is 216. The molecule has 2 aliphatic heterocycles. The maximum absolute atomic E-state index is 10.7. The first-order valence-corrected chi connectivity index (χ1v) is 5.56. The summed E-state index contributed by atoms with van der Waals surface area (Å²) in [5, 5.41) is 15.3. The lowest BCUT2D eigenvalue weighted by molar-refractivity contribution is -0.138. The third-order valence-corrected chi connectivity index (χ3v) is 4.13. The fourth-order valence-electron chi connectivity index (χ4n) is 1.90. The van der Waals surface area contributed by atoms with Crippen LogP contribution in [0.2, 0.25) is 0 Å².